The predicted molar refractivity (Wildman–Crippen MR) is 122 cm³/mol. The summed E-state index contributed by atoms with van der Waals surface area (Å²) in [5, 5.41) is 18.0. The summed E-state index contributed by atoms with van der Waals surface area (Å²) in [6.45, 7) is 2.47. The Hall–Kier alpha value is -3.31. The van der Waals surface area contributed by atoms with Crippen LogP contribution in [0.4, 0.5) is 5.69 Å². The molecular formula is C23H24N4O3S. The molecule has 1 amide bonds. The van der Waals surface area contributed by atoms with Gasteiger partial charge in [0, 0.05) is 24.5 Å². The van der Waals surface area contributed by atoms with Crippen LogP contribution in [-0.4, -0.2) is 42.5 Å². The largest absolute Gasteiger partial charge is 0.461 e. The second kappa shape index (κ2) is 11.2. The van der Waals surface area contributed by atoms with E-state index in [0.29, 0.717) is 23.6 Å². The SMILES string of the molecule is CCOC(=O)C1=NN(c2ccccc2)[C@H](C(=O)NCCSCc2ccccc2C#N)C1. The summed E-state index contributed by atoms with van der Waals surface area (Å²) in [7, 11) is 0. The van der Waals surface area contributed by atoms with E-state index in [1.54, 1.807) is 29.8 Å². The lowest BCUT2D eigenvalue weighted by Crippen LogP contribution is -2.43. The molecule has 2 aromatic rings. The fourth-order valence-corrected chi connectivity index (χ4v) is 4.03. The molecule has 0 aliphatic carbocycles. The fraction of sp³-hybridized carbons (Fsp3) is 0.304. The second-order valence-electron chi connectivity index (χ2n) is 6.78. The monoisotopic (exact) mass is 436 g/mol. The molecule has 0 saturated heterocycles. The maximum Gasteiger partial charge on any atom is 0.354 e. The number of esters is 1. The molecule has 31 heavy (non-hydrogen) atoms. The topological polar surface area (TPSA) is 94.8 Å². The van der Waals surface area contributed by atoms with Gasteiger partial charge < -0.3 is 10.1 Å². The number of rotatable bonds is 9. The van der Waals surface area contributed by atoms with Crippen molar-refractivity contribution in [2.75, 3.05) is 23.9 Å². The number of carbonyl (C=O) groups is 2. The molecule has 3 rings (SSSR count). The molecule has 7 nitrogen and oxygen atoms in total. The number of carbonyl (C=O) groups excluding carboxylic acids is 2. The van der Waals surface area contributed by atoms with Crippen LogP contribution in [0.15, 0.2) is 59.7 Å². The van der Waals surface area contributed by atoms with Crippen LogP contribution < -0.4 is 10.3 Å². The molecule has 0 radical (unpaired) electrons. The molecule has 1 atom stereocenters. The van der Waals surface area contributed by atoms with Gasteiger partial charge in [0.1, 0.15) is 11.8 Å². The number of nitrogens with zero attached hydrogens (tertiary/aromatic N) is 3. The third-order valence-electron chi connectivity index (χ3n) is 4.69. The van der Waals surface area contributed by atoms with Crippen molar-refractivity contribution in [3.05, 3.63) is 65.7 Å². The van der Waals surface area contributed by atoms with Gasteiger partial charge in [-0.05, 0) is 30.7 Å². The number of hydrogen-bond acceptors (Lipinski definition) is 7. The smallest absolute Gasteiger partial charge is 0.354 e. The molecule has 8 heteroatoms. The van der Waals surface area contributed by atoms with E-state index < -0.39 is 12.0 Å². The van der Waals surface area contributed by atoms with Gasteiger partial charge in [-0.3, -0.25) is 9.80 Å². The van der Waals surface area contributed by atoms with Crippen LogP contribution in [0.25, 0.3) is 0 Å². The summed E-state index contributed by atoms with van der Waals surface area (Å²) >= 11 is 1.65. The number of para-hydroxylation sites is 1. The van der Waals surface area contributed by atoms with Crippen LogP contribution in [-0.2, 0) is 20.1 Å². The Morgan fingerprint density at radius 3 is 2.71 bits per heavy atom. The zero-order valence-electron chi connectivity index (χ0n) is 17.3. The minimum absolute atomic E-state index is 0.190. The van der Waals surface area contributed by atoms with Gasteiger partial charge in [-0.1, -0.05) is 36.4 Å². The summed E-state index contributed by atoms with van der Waals surface area (Å²) in [4.78, 5) is 25.0. The van der Waals surface area contributed by atoms with Gasteiger partial charge in [0.2, 0.25) is 5.91 Å². The van der Waals surface area contributed by atoms with Gasteiger partial charge in [0.25, 0.3) is 0 Å². The van der Waals surface area contributed by atoms with Crippen molar-refractivity contribution in [3.63, 3.8) is 0 Å². The maximum atomic E-state index is 12.9. The van der Waals surface area contributed by atoms with Crippen LogP contribution in [0.3, 0.4) is 0 Å². The zero-order chi connectivity index (χ0) is 22.1. The van der Waals surface area contributed by atoms with Crippen molar-refractivity contribution in [2.45, 2.75) is 25.1 Å². The minimum atomic E-state index is -0.605. The van der Waals surface area contributed by atoms with Crippen LogP contribution in [0.5, 0.6) is 0 Å². The molecule has 0 aromatic heterocycles. The predicted octanol–water partition coefficient (Wildman–Crippen LogP) is 3.11. The molecule has 0 bridgehead atoms. The van der Waals surface area contributed by atoms with Crippen LogP contribution in [0, 0.1) is 11.3 Å². The lowest BCUT2D eigenvalue weighted by Gasteiger charge is -2.22. The Labute approximate surface area is 186 Å². The first-order chi connectivity index (χ1) is 15.1. The first-order valence-corrected chi connectivity index (χ1v) is 11.2. The Morgan fingerprint density at radius 2 is 1.97 bits per heavy atom. The van der Waals surface area contributed by atoms with E-state index in [-0.39, 0.29) is 24.6 Å². The van der Waals surface area contributed by atoms with Crippen molar-refractivity contribution < 1.29 is 14.3 Å². The lowest BCUT2D eigenvalue weighted by atomic mass is 10.1. The van der Waals surface area contributed by atoms with E-state index in [1.807, 2.05) is 48.5 Å². The number of hydrazone groups is 1. The highest BCUT2D eigenvalue weighted by molar-refractivity contribution is 7.98. The Bertz CT molecular complexity index is 988. The highest BCUT2D eigenvalue weighted by atomic mass is 32.2. The molecule has 0 fully saturated rings. The van der Waals surface area contributed by atoms with Crippen LogP contribution in [0.2, 0.25) is 0 Å². The average Bonchev–Trinajstić information content (AvgIpc) is 3.25. The minimum Gasteiger partial charge on any atom is -0.461 e. The molecule has 160 valence electrons. The molecule has 1 heterocycles. The van der Waals surface area contributed by atoms with E-state index in [0.717, 1.165) is 11.3 Å². The number of ether oxygens (including phenoxy) is 1. The summed E-state index contributed by atoms with van der Waals surface area (Å²) in [6, 6.07) is 18.4. The van der Waals surface area contributed by atoms with E-state index in [1.165, 1.54) is 0 Å². The Kier molecular flexibility index (Phi) is 8.07. The van der Waals surface area contributed by atoms with Crippen molar-refractivity contribution >= 4 is 35.0 Å². The van der Waals surface area contributed by atoms with Gasteiger partial charge in [-0.15, -0.1) is 0 Å². The standard InChI is InChI=1S/C23H24N4O3S/c1-2-30-23(29)20-14-21(27(26-20)19-10-4-3-5-11-19)22(28)25-12-13-31-16-18-9-7-6-8-17(18)15-24/h3-11,21H,2,12-14,16H2,1H3,(H,25,28)/t21-/m0/s1. The maximum absolute atomic E-state index is 12.9. The van der Waals surface area contributed by atoms with Crippen LogP contribution >= 0.6 is 11.8 Å². The summed E-state index contributed by atoms with van der Waals surface area (Å²) < 4.78 is 5.06. The molecule has 1 aliphatic rings. The molecule has 1 aliphatic heterocycles. The molecule has 2 aromatic carbocycles. The summed E-state index contributed by atoms with van der Waals surface area (Å²) in [5.74, 6) is 0.722. The molecular weight excluding hydrogens is 412 g/mol. The van der Waals surface area contributed by atoms with Gasteiger partial charge in [0.15, 0.2) is 0 Å². The van der Waals surface area contributed by atoms with Crippen LogP contribution in [0.1, 0.15) is 24.5 Å². The number of benzene rings is 2. The third kappa shape index (κ3) is 5.86. The summed E-state index contributed by atoms with van der Waals surface area (Å²) in [5.41, 5.74) is 2.64. The van der Waals surface area contributed by atoms with E-state index in [2.05, 4.69) is 16.5 Å². The number of nitriles is 1. The molecule has 1 N–H and O–H groups in total. The van der Waals surface area contributed by atoms with E-state index in [9.17, 15) is 9.59 Å². The average molecular weight is 437 g/mol. The fourth-order valence-electron chi connectivity index (χ4n) is 3.17. The zero-order valence-corrected chi connectivity index (χ0v) is 18.1. The second-order valence-corrected chi connectivity index (χ2v) is 7.88. The lowest BCUT2D eigenvalue weighted by molar-refractivity contribution is -0.135. The number of nitrogens with one attached hydrogen (secondary N) is 1. The highest BCUT2D eigenvalue weighted by Crippen LogP contribution is 2.25. The van der Waals surface area contributed by atoms with Crippen molar-refractivity contribution in [1.82, 2.24) is 5.32 Å². The van der Waals surface area contributed by atoms with Gasteiger partial charge in [-0.2, -0.15) is 22.1 Å². The molecule has 0 unspecified atom stereocenters. The summed E-state index contributed by atoms with van der Waals surface area (Å²) in [6.07, 6.45) is 0.197. The first-order valence-electron chi connectivity index (χ1n) is 10.1. The van der Waals surface area contributed by atoms with Gasteiger partial charge in [-0.25, -0.2) is 4.79 Å². The highest BCUT2D eigenvalue weighted by Gasteiger charge is 2.36. The number of anilines is 1. The van der Waals surface area contributed by atoms with Gasteiger partial charge >= 0.3 is 5.97 Å². The van der Waals surface area contributed by atoms with Gasteiger partial charge in [0.05, 0.1) is 23.9 Å². The Balaban J connectivity index is 1.55. The first kappa shape index (κ1) is 22.4. The Morgan fingerprint density at radius 1 is 1.23 bits per heavy atom. The number of thioether (sulfide) groups is 1. The van der Waals surface area contributed by atoms with Crippen molar-refractivity contribution in [3.8, 4) is 6.07 Å². The normalized spacial score (nSPS) is 15.2. The van der Waals surface area contributed by atoms with Crippen molar-refractivity contribution in [1.29, 1.82) is 5.26 Å². The third-order valence-corrected chi connectivity index (χ3v) is 5.69. The quantitative estimate of drug-likeness (QED) is 0.479. The molecule has 0 saturated carbocycles. The van der Waals surface area contributed by atoms with E-state index >= 15 is 0 Å². The van der Waals surface area contributed by atoms with E-state index in [4.69, 9.17) is 10.00 Å². The number of amides is 1. The van der Waals surface area contributed by atoms with Crippen molar-refractivity contribution in [2.24, 2.45) is 5.10 Å². The molecule has 0 spiro atoms. The number of hydrogen-bond donors (Lipinski definition) is 1.